The lowest BCUT2D eigenvalue weighted by Gasteiger charge is -2.34. The third-order valence-corrected chi connectivity index (χ3v) is 3.76. The zero-order valence-electron chi connectivity index (χ0n) is 10.9. The van der Waals surface area contributed by atoms with Crippen LogP contribution in [0.3, 0.4) is 0 Å². The minimum Gasteiger partial charge on any atom is -0.398 e. The van der Waals surface area contributed by atoms with E-state index < -0.39 is 5.91 Å². The van der Waals surface area contributed by atoms with Crippen LogP contribution >= 0.6 is 0 Å². The van der Waals surface area contributed by atoms with Crippen molar-refractivity contribution >= 4 is 17.3 Å². The molecule has 0 radical (unpaired) electrons. The van der Waals surface area contributed by atoms with Crippen LogP contribution in [0.15, 0.2) is 18.2 Å². The molecule has 0 spiro atoms. The second kappa shape index (κ2) is 5.29. The van der Waals surface area contributed by atoms with Gasteiger partial charge in [0, 0.05) is 24.5 Å². The predicted octanol–water partition coefficient (Wildman–Crippen LogP) is 1.99. The third-order valence-electron chi connectivity index (χ3n) is 3.76. The molecule has 4 nitrogen and oxygen atoms in total. The highest BCUT2D eigenvalue weighted by Gasteiger charge is 2.19. The number of rotatable bonds is 3. The van der Waals surface area contributed by atoms with Crippen LogP contribution in [0.2, 0.25) is 0 Å². The number of benzene rings is 1. The van der Waals surface area contributed by atoms with E-state index in [2.05, 4.69) is 11.8 Å². The van der Waals surface area contributed by atoms with Gasteiger partial charge < -0.3 is 16.4 Å². The first-order valence-corrected chi connectivity index (χ1v) is 6.56. The maximum Gasteiger partial charge on any atom is 0.250 e. The number of carbonyl (C=O) groups excluding carboxylic acids is 1. The molecule has 1 aliphatic heterocycles. The largest absolute Gasteiger partial charge is 0.398 e. The molecule has 1 unspecified atom stereocenters. The number of nitrogen functional groups attached to an aromatic ring is 1. The fraction of sp³-hybridized carbons (Fsp3) is 0.500. The Kier molecular flexibility index (Phi) is 3.75. The van der Waals surface area contributed by atoms with Crippen LogP contribution in [0.5, 0.6) is 0 Å². The summed E-state index contributed by atoms with van der Waals surface area (Å²) in [4.78, 5) is 13.6. The number of nitrogens with zero attached hydrogens (tertiary/aromatic N) is 1. The summed E-state index contributed by atoms with van der Waals surface area (Å²) in [5.74, 6) is 0.284. The van der Waals surface area contributed by atoms with Crippen molar-refractivity contribution in [3.05, 3.63) is 23.8 Å². The minimum absolute atomic E-state index is 0.422. The van der Waals surface area contributed by atoms with Gasteiger partial charge in [-0.25, -0.2) is 0 Å². The molecule has 1 aromatic rings. The summed E-state index contributed by atoms with van der Waals surface area (Å²) in [7, 11) is 0. The zero-order chi connectivity index (χ0) is 13.1. The van der Waals surface area contributed by atoms with Gasteiger partial charge in [0.25, 0.3) is 5.91 Å². The van der Waals surface area contributed by atoms with E-state index in [0.717, 1.165) is 24.7 Å². The first-order chi connectivity index (χ1) is 8.61. The summed E-state index contributed by atoms with van der Waals surface area (Å²) in [5, 5.41) is 0. The topological polar surface area (TPSA) is 72.3 Å². The van der Waals surface area contributed by atoms with Crippen molar-refractivity contribution in [3.63, 3.8) is 0 Å². The fourth-order valence-electron chi connectivity index (χ4n) is 2.59. The molecule has 1 atom stereocenters. The smallest absolute Gasteiger partial charge is 0.250 e. The number of primary amides is 1. The van der Waals surface area contributed by atoms with E-state index in [1.165, 1.54) is 19.3 Å². The predicted molar refractivity (Wildman–Crippen MR) is 74.6 cm³/mol. The summed E-state index contributed by atoms with van der Waals surface area (Å²) in [6.07, 6.45) is 3.70. The molecule has 1 amide bonds. The van der Waals surface area contributed by atoms with Crippen molar-refractivity contribution < 1.29 is 4.79 Å². The van der Waals surface area contributed by atoms with E-state index in [0.29, 0.717) is 11.3 Å². The van der Waals surface area contributed by atoms with Gasteiger partial charge in [0.05, 0.1) is 5.56 Å². The molecule has 4 N–H and O–H groups in total. The van der Waals surface area contributed by atoms with Crippen LogP contribution in [0.4, 0.5) is 11.4 Å². The van der Waals surface area contributed by atoms with E-state index in [1.54, 1.807) is 6.07 Å². The van der Waals surface area contributed by atoms with Crippen molar-refractivity contribution in [3.8, 4) is 0 Å². The minimum atomic E-state index is -0.460. The highest BCUT2D eigenvalue weighted by Crippen LogP contribution is 2.27. The summed E-state index contributed by atoms with van der Waals surface area (Å²) in [6, 6.07) is 5.56. The molecule has 1 heterocycles. The first kappa shape index (κ1) is 12.7. The summed E-state index contributed by atoms with van der Waals surface area (Å²) in [6.45, 7) is 4.32. The molecule has 0 aliphatic carbocycles. The average molecular weight is 247 g/mol. The van der Waals surface area contributed by atoms with Gasteiger partial charge in [-0.15, -0.1) is 0 Å². The van der Waals surface area contributed by atoms with Gasteiger partial charge in [0.2, 0.25) is 0 Å². The van der Waals surface area contributed by atoms with Crippen LogP contribution in [0.1, 0.15) is 36.5 Å². The first-order valence-electron chi connectivity index (χ1n) is 6.56. The highest BCUT2D eigenvalue weighted by atomic mass is 16.1. The Morgan fingerprint density at radius 2 is 2.28 bits per heavy atom. The van der Waals surface area contributed by atoms with Crippen molar-refractivity contribution in [2.75, 3.05) is 23.7 Å². The van der Waals surface area contributed by atoms with Gasteiger partial charge in [-0.1, -0.05) is 13.3 Å². The van der Waals surface area contributed by atoms with Gasteiger partial charge in [-0.2, -0.15) is 0 Å². The average Bonchev–Trinajstić information content (AvgIpc) is 2.39. The van der Waals surface area contributed by atoms with E-state index in [4.69, 9.17) is 11.5 Å². The molecule has 2 rings (SSSR count). The maximum atomic E-state index is 11.3. The van der Waals surface area contributed by atoms with Crippen LogP contribution in [0.25, 0.3) is 0 Å². The molecule has 0 bridgehead atoms. The lowest BCUT2D eigenvalue weighted by atomic mass is 9.95. The molecule has 18 heavy (non-hydrogen) atoms. The molecule has 0 aromatic heterocycles. The Balaban J connectivity index is 2.22. The molecule has 1 saturated heterocycles. The van der Waals surface area contributed by atoms with Crippen LogP contribution in [-0.4, -0.2) is 19.0 Å². The fourth-order valence-corrected chi connectivity index (χ4v) is 2.59. The molecule has 1 aromatic carbocycles. The van der Waals surface area contributed by atoms with Crippen LogP contribution < -0.4 is 16.4 Å². The SMILES string of the molecule is CCC1CCCN(c2ccc(N)c(C(N)=O)c2)C1. The Morgan fingerprint density at radius 1 is 1.50 bits per heavy atom. The standard InChI is InChI=1S/C14H21N3O/c1-2-10-4-3-7-17(9-10)11-5-6-13(15)12(8-11)14(16)18/h5-6,8,10H,2-4,7,9,15H2,1H3,(H2,16,18). The second-order valence-corrected chi connectivity index (χ2v) is 5.00. The van der Waals surface area contributed by atoms with Gasteiger partial charge in [-0.3, -0.25) is 4.79 Å². The van der Waals surface area contributed by atoms with Gasteiger partial charge in [0.15, 0.2) is 0 Å². The van der Waals surface area contributed by atoms with E-state index in [1.807, 2.05) is 12.1 Å². The Hall–Kier alpha value is -1.71. The summed E-state index contributed by atoms with van der Waals surface area (Å²) >= 11 is 0. The number of hydrogen-bond acceptors (Lipinski definition) is 3. The number of carbonyl (C=O) groups is 1. The van der Waals surface area contributed by atoms with Gasteiger partial charge in [-0.05, 0) is 37.0 Å². The van der Waals surface area contributed by atoms with Crippen molar-refractivity contribution in [2.45, 2.75) is 26.2 Å². The summed E-state index contributed by atoms with van der Waals surface area (Å²) in [5.41, 5.74) is 13.0. The normalized spacial score (nSPS) is 19.8. The van der Waals surface area contributed by atoms with E-state index >= 15 is 0 Å². The van der Waals surface area contributed by atoms with E-state index in [-0.39, 0.29) is 0 Å². The van der Waals surface area contributed by atoms with Gasteiger partial charge in [0.1, 0.15) is 0 Å². The number of piperidine rings is 1. The number of anilines is 2. The second-order valence-electron chi connectivity index (χ2n) is 5.00. The van der Waals surface area contributed by atoms with Crippen LogP contribution in [-0.2, 0) is 0 Å². The quantitative estimate of drug-likeness (QED) is 0.802. The molecule has 1 fully saturated rings. The molecule has 1 aliphatic rings. The van der Waals surface area contributed by atoms with Crippen molar-refractivity contribution in [1.29, 1.82) is 0 Å². The number of hydrogen-bond donors (Lipinski definition) is 2. The van der Waals surface area contributed by atoms with Crippen molar-refractivity contribution in [1.82, 2.24) is 0 Å². The van der Waals surface area contributed by atoms with E-state index in [9.17, 15) is 4.79 Å². The number of amides is 1. The Morgan fingerprint density at radius 3 is 2.94 bits per heavy atom. The molecular weight excluding hydrogens is 226 g/mol. The zero-order valence-corrected chi connectivity index (χ0v) is 10.9. The summed E-state index contributed by atoms with van der Waals surface area (Å²) < 4.78 is 0. The van der Waals surface area contributed by atoms with Crippen molar-refractivity contribution in [2.24, 2.45) is 11.7 Å². The highest BCUT2D eigenvalue weighted by molar-refractivity contribution is 5.99. The van der Waals surface area contributed by atoms with Crippen LogP contribution in [0, 0.1) is 5.92 Å². The third kappa shape index (κ3) is 2.58. The molecular formula is C14H21N3O. The monoisotopic (exact) mass is 247 g/mol. The molecule has 4 heteroatoms. The Bertz CT molecular complexity index is 445. The van der Waals surface area contributed by atoms with Gasteiger partial charge >= 0.3 is 0 Å². The molecule has 98 valence electrons. The number of nitrogens with two attached hydrogens (primary N) is 2. The lowest BCUT2D eigenvalue weighted by molar-refractivity contribution is 0.100. The molecule has 0 saturated carbocycles. The Labute approximate surface area is 108 Å². The lowest BCUT2D eigenvalue weighted by Crippen LogP contribution is -2.35. The maximum absolute atomic E-state index is 11.3.